The molecule has 4 heteroatoms. The lowest BCUT2D eigenvalue weighted by Gasteiger charge is -2.10. The second-order valence-corrected chi connectivity index (χ2v) is 5.10. The highest BCUT2D eigenvalue weighted by Crippen LogP contribution is 2.21. The SMILES string of the molecule is Cc1cc(NC(=S)NC2CC2)ccc1Br. The van der Waals surface area contributed by atoms with Crippen molar-refractivity contribution in [3.05, 3.63) is 28.2 Å². The van der Waals surface area contributed by atoms with Crippen LogP contribution < -0.4 is 10.6 Å². The lowest BCUT2D eigenvalue weighted by Crippen LogP contribution is -2.30. The molecule has 0 unspecified atom stereocenters. The molecule has 80 valence electrons. The molecule has 0 bridgehead atoms. The van der Waals surface area contributed by atoms with E-state index >= 15 is 0 Å². The Balaban J connectivity index is 1.97. The van der Waals surface area contributed by atoms with Crippen LogP contribution in [-0.4, -0.2) is 11.2 Å². The van der Waals surface area contributed by atoms with Crippen LogP contribution in [0.25, 0.3) is 0 Å². The maximum atomic E-state index is 5.19. The molecule has 1 fully saturated rings. The van der Waals surface area contributed by atoms with Crippen molar-refractivity contribution in [1.82, 2.24) is 5.32 Å². The molecular formula is C11H13BrN2S. The van der Waals surface area contributed by atoms with Gasteiger partial charge in [0.25, 0.3) is 0 Å². The average molecular weight is 285 g/mol. The minimum atomic E-state index is 0.599. The van der Waals surface area contributed by atoms with Crippen molar-refractivity contribution in [2.75, 3.05) is 5.32 Å². The number of thiocarbonyl (C=S) groups is 1. The van der Waals surface area contributed by atoms with Gasteiger partial charge in [-0.05, 0) is 55.7 Å². The van der Waals surface area contributed by atoms with Crippen LogP contribution in [0.2, 0.25) is 0 Å². The maximum absolute atomic E-state index is 5.19. The highest BCUT2D eigenvalue weighted by atomic mass is 79.9. The molecule has 2 rings (SSSR count). The number of rotatable bonds is 2. The Kier molecular flexibility index (Phi) is 3.26. The first-order valence-electron chi connectivity index (χ1n) is 4.99. The molecule has 1 aromatic carbocycles. The van der Waals surface area contributed by atoms with Gasteiger partial charge in [0.05, 0.1) is 0 Å². The van der Waals surface area contributed by atoms with Crippen LogP contribution in [0.3, 0.4) is 0 Å². The molecule has 1 aliphatic carbocycles. The third kappa shape index (κ3) is 3.18. The Morgan fingerprint density at radius 2 is 2.20 bits per heavy atom. The van der Waals surface area contributed by atoms with Gasteiger partial charge in [-0.15, -0.1) is 0 Å². The van der Waals surface area contributed by atoms with Crippen LogP contribution in [-0.2, 0) is 0 Å². The summed E-state index contributed by atoms with van der Waals surface area (Å²) >= 11 is 8.66. The van der Waals surface area contributed by atoms with Crippen molar-refractivity contribution in [2.45, 2.75) is 25.8 Å². The van der Waals surface area contributed by atoms with Crippen molar-refractivity contribution >= 4 is 38.9 Å². The Hall–Kier alpha value is -0.610. The van der Waals surface area contributed by atoms with E-state index in [1.165, 1.54) is 18.4 Å². The molecule has 0 saturated heterocycles. The molecular weight excluding hydrogens is 272 g/mol. The first-order valence-corrected chi connectivity index (χ1v) is 6.19. The van der Waals surface area contributed by atoms with Gasteiger partial charge >= 0.3 is 0 Å². The highest BCUT2D eigenvalue weighted by Gasteiger charge is 2.21. The molecule has 15 heavy (non-hydrogen) atoms. The maximum Gasteiger partial charge on any atom is 0.170 e. The van der Waals surface area contributed by atoms with Gasteiger partial charge in [-0.25, -0.2) is 0 Å². The predicted octanol–water partition coefficient (Wildman–Crippen LogP) is 3.21. The zero-order valence-electron chi connectivity index (χ0n) is 8.51. The zero-order chi connectivity index (χ0) is 10.8. The molecule has 0 atom stereocenters. The standard InChI is InChI=1S/C11H13BrN2S/c1-7-6-9(4-5-10(7)12)14-11(15)13-8-2-3-8/h4-6,8H,2-3H2,1H3,(H2,13,14,15). The third-order valence-electron chi connectivity index (χ3n) is 2.33. The van der Waals surface area contributed by atoms with E-state index in [1.807, 2.05) is 12.1 Å². The Morgan fingerprint density at radius 1 is 1.47 bits per heavy atom. The number of hydrogen-bond donors (Lipinski definition) is 2. The monoisotopic (exact) mass is 284 g/mol. The summed E-state index contributed by atoms with van der Waals surface area (Å²) in [6.07, 6.45) is 2.47. The van der Waals surface area contributed by atoms with Crippen LogP contribution >= 0.6 is 28.1 Å². The molecule has 0 aliphatic heterocycles. The summed E-state index contributed by atoms with van der Waals surface area (Å²) in [6, 6.07) is 6.71. The fourth-order valence-electron chi connectivity index (χ4n) is 1.30. The van der Waals surface area contributed by atoms with Gasteiger partial charge in [-0.3, -0.25) is 0 Å². The average Bonchev–Trinajstić information content (AvgIpc) is 2.95. The summed E-state index contributed by atoms with van der Waals surface area (Å²) in [5.41, 5.74) is 2.24. The molecule has 0 amide bonds. The van der Waals surface area contributed by atoms with E-state index in [0.29, 0.717) is 6.04 Å². The molecule has 1 aliphatic rings. The fraction of sp³-hybridized carbons (Fsp3) is 0.364. The summed E-state index contributed by atoms with van der Waals surface area (Å²) in [7, 11) is 0. The van der Waals surface area contributed by atoms with Crippen LogP contribution in [0.5, 0.6) is 0 Å². The second kappa shape index (κ2) is 4.49. The summed E-state index contributed by atoms with van der Waals surface area (Å²) in [5, 5.41) is 7.15. The van der Waals surface area contributed by atoms with Crippen LogP contribution in [0, 0.1) is 6.92 Å². The van der Waals surface area contributed by atoms with Crippen molar-refractivity contribution in [1.29, 1.82) is 0 Å². The van der Waals surface area contributed by atoms with Crippen LogP contribution in [0.15, 0.2) is 22.7 Å². The normalized spacial score (nSPS) is 14.8. The van der Waals surface area contributed by atoms with E-state index in [0.717, 1.165) is 15.3 Å². The van der Waals surface area contributed by atoms with Crippen molar-refractivity contribution < 1.29 is 0 Å². The highest BCUT2D eigenvalue weighted by molar-refractivity contribution is 9.10. The number of anilines is 1. The molecule has 2 nitrogen and oxygen atoms in total. The molecule has 1 saturated carbocycles. The molecule has 0 aromatic heterocycles. The predicted molar refractivity (Wildman–Crippen MR) is 71.3 cm³/mol. The van der Waals surface area contributed by atoms with Crippen molar-refractivity contribution in [3.8, 4) is 0 Å². The van der Waals surface area contributed by atoms with Gasteiger partial charge in [0.2, 0.25) is 0 Å². The van der Waals surface area contributed by atoms with Gasteiger partial charge in [-0.1, -0.05) is 15.9 Å². The lowest BCUT2D eigenvalue weighted by molar-refractivity contribution is 0.919. The number of nitrogens with one attached hydrogen (secondary N) is 2. The van der Waals surface area contributed by atoms with Gasteiger partial charge in [0.15, 0.2) is 5.11 Å². The molecule has 1 aromatic rings. The topological polar surface area (TPSA) is 24.1 Å². The van der Waals surface area contributed by atoms with E-state index in [9.17, 15) is 0 Å². The van der Waals surface area contributed by atoms with E-state index in [-0.39, 0.29) is 0 Å². The largest absolute Gasteiger partial charge is 0.360 e. The smallest absolute Gasteiger partial charge is 0.170 e. The Labute approximate surface area is 104 Å². The molecule has 0 radical (unpaired) electrons. The molecule has 0 heterocycles. The quantitative estimate of drug-likeness (QED) is 0.816. The van der Waals surface area contributed by atoms with Crippen LogP contribution in [0.4, 0.5) is 5.69 Å². The van der Waals surface area contributed by atoms with E-state index in [2.05, 4.69) is 39.6 Å². The summed E-state index contributed by atoms with van der Waals surface area (Å²) in [4.78, 5) is 0. The first kappa shape index (κ1) is 10.9. The van der Waals surface area contributed by atoms with Crippen molar-refractivity contribution in [2.24, 2.45) is 0 Å². The van der Waals surface area contributed by atoms with E-state index in [1.54, 1.807) is 0 Å². The number of benzene rings is 1. The summed E-state index contributed by atoms with van der Waals surface area (Å²) < 4.78 is 1.12. The zero-order valence-corrected chi connectivity index (χ0v) is 10.9. The molecule has 2 N–H and O–H groups in total. The van der Waals surface area contributed by atoms with Gasteiger partial charge in [0, 0.05) is 16.2 Å². The summed E-state index contributed by atoms with van der Waals surface area (Å²) in [5.74, 6) is 0. The molecule has 0 spiro atoms. The number of aryl methyl sites for hydroxylation is 1. The third-order valence-corrected chi connectivity index (χ3v) is 3.44. The van der Waals surface area contributed by atoms with Gasteiger partial charge in [-0.2, -0.15) is 0 Å². The van der Waals surface area contributed by atoms with Gasteiger partial charge in [0.1, 0.15) is 0 Å². The number of halogens is 1. The van der Waals surface area contributed by atoms with Crippen LogP contribution in [0.1, 0.15) is 18.4 Å². The van der Waals surface area contributed by atoms with E-state index in [4.69, 9.17) is 12.2 Å². The fourth-order valence-corrected chi connectivity index (χ4v) is 1.83. The number of hydrogen-bond acceptors (Lipinski definition) is 1. The Morgan fingerprint density at radius 3 is 2.80 bits per heavy atom. The summed E-state index contributed by atoms with van der Waals surface area (Å²) in [6.45, 7) is 2.06. The van der Waals surface area contributed by atoms with Crippen molar-refractivity contribution in [3.63, 3.8) is 0 Å². The lowest BCUT2D eigenvalue weighted by atomic mass is 10.2. The first-order chi connectivity index (χ1) is 7.15. The van der Waals surface area contributed by atoms with Gasteiger partial charge < -0.3 is 10.6 Å². The Bertz CT molecular complexity index is 388. The minimum Gasteiger partial charge on any atom is -0.360 e. The minimum absolute atomic E-state index is 0.599. The van der Waals surface area contributed by atoms with E-state index < -0.39 is 0 Å². The second-order valence-electron chi connectivity index (χ2n) is 3.84.